The van der Waals surface area contributed by atoms with E-state index in [9.17, 15) is 22.4 Å². The van der Waals surface area contributed by atoms with E-state index in [1.54, 1.807) is 19.1 Å². The van der Waals surface area contributed by atoms with Crippen molar-refractivity contribution in [3.63, 3.8) is 0 Å². The summed E-state index contributed by atoms with van der Waals surface area (Å²) in [5.74, 6) is -1.68. The summed E-state index contributed by atoms with van der Waals surface area (Å²) in [7, 11) is -3.96. The number of anilines is 1. The van der Waals surface area contributed by atoms with Gasteiger partial charge in [0.05, 0.1) is 17.5 Å². The van der Waals surface area contributed by atoms with Gasteiger partial charge in [0.15, 0.2) is 0 Å². The van der Waals surface area contributed by atoms with Gasteiger partial charge in [-0.1, -0.05) is 30.7 Å². The summed E-state index contributed by atoms with van der Waals surface area (Å²) >= 11 is 0. The van der Waals surface area contributed by atoms with E-state index in [0.29, 0.717) is 13.2 Å². The van der Waals surface area contributed by atoms with Crippen LogP contribution in [0.1, 0.15) is 31.7 Å². The quantitative estimate of drug-likeness (QED) is 0.532. The Morgan fingerprint density at radius 1 is 1.21 bits per heavy atom. The van der Waals surface area contributed by atoms with Gasteiger partial charge in [0.1, 0.15) is 11.9 Å². The number of sulfonamides is 1. The number of hydrogen-bond acceptors (Lipinski definition) is 5. The van der Waals surface area contributed by atoms with Gasteiger partial charge in [-0.3, -0.25) is 14.5 Å². The van der Waals surface area contributed by atoms with Crippen molar-refractivity contribution in [2.24, 2.45) is 0 Å². The second-order valence-corrected chi connectivity index (χ2v) is 9.95. The molecular formula is C24H30FN3O5S. The number of benzene rings is 2. The number of nitrogens with zero attached hydrogens (tertiary/aromatic N) is 1. The average molecular weight is 492 g/mol. The molecule has 0 spiro atoms. The first-order valence-electron chi connectivity index (χ1n) is 11.2. The molecule has 10 heteroatoms. The molecule has 1 saturated heterocycles. The minimum atomic E-state index is -3.96. The smallest absolute Gasteiger partial charge is 0.243 e. The molecule has 1 heterocycles. The highest BCUT2D eigenvalue weighted by Crippen LogP contribution is 2.21. The van der Waals surface area contributed by atoms with Crippen molar-refractivity contribution in [2.45, 2.75) is 50.2 Å². The van der Waals surface area contributed by atoms with Crippen LogP contribution < -0.4 is 14.9 Å². The lowest BCUT2D eigenvalue weighted by molar-refractivity contribution is -0.126. The largest absolute Gasteiger partial charge is 0.376 e. The number of carbonyl (C=O) groups excluding carboxylic acids is 2. The van der Waals surface area contributed by atoms with Crippen molar-refractivity contribution in [1.29, 1.82) is 0 Å². The Kier molecular flexibility index (Phi) is 8.76. The Balaban J connectivity index is 1.79. The second kappa shape index (κ2) is 11.5. The number of aryl methyl sites for hydroxylation is 1. The number of carbonyl (C=O) groups is 2. The van der Waals surface area contributed by atoms with Crippen LogP contribution in [0.25, 0.3) is 0 Å². The zero-order valence-corrected chi connectivity index (χ0v) is 20.1. The van der Waals surface area contributed by atoms with Crippen molar-refractivity contribution in [2.75, 3.05) is 24.6 Å². The Hall–Kier alpha value is -2.82. The molecule has 34 heavy (non-hydrogen) atoms. The number of rotatable bonds is 10. The van der Waals surface area contributed by atoms with Crippen LogP contribution in [0, 0.1) is 12.7 Å². The third-order valence-corrected chi connectivity index (χ3v) is 7.05. The summed E-state index contributed by atoms with van der Waals surface area (Å²) in [4.78, 5) is 27.4. The molecule has 184 valence electrons. The van der Waals surface area contributed by atoms with Crippen LogP contribution in [0.4, 0.5) is 10.1 Å². The molecule has 2 atom stereocenters. The van der Waals surface area contributed by atoms with Crippen LogP contribution >= 0.6 is 0 Å². The molecular weight excluding hydrogens is 461 g/mol. The normalized spacial score (nSPS) is 16.7. The predicted molar refractivity (Wildman–Crippen MR) is 126 cm³/mol. The maximum absolute atomic E-state index is 14.0. The van der Waals surface area contributed by atoms with E-state index in [2.05, 4.69) is 10.0 Å². The van der Waals surface area contributed by atoms with Crippen LogP contribution in [-0.2, 0) is 24.3 Å². The lowest BCUT2D eigenvalue weighted by Crippen LogP contribution is -2.53. The third kappa shape index (κ3) is 6.62. The Labute approximate surface area is 199 Å². The highest BCUT2D eigenvalue weighted by Gasteiger charge is 2.31. The molecule has 2 amide bonds. The van der Waals surface area contributed by atoms with E-state index in [1.165, 1.54) is 30.3 Å². The van der Waals surface area contributed by atoms with Crippen molar-refractivity contribution in [3.05, 3.63) is 59.9 Å². The van der Waals surface area contributed by atoms with Crippen molar-refractivity contribution in [1.82, 2.24) is 10.0 Å². The van der Waals surface area contributed by atoms with Crippen LogP contribution in [0.15, 0.2) is 53.4 Å². The number of halogens is 1. The maximum atomic E-state index is 14.0. The first-order valence-corrected chi connectivity index (χ1v) is 12.7. The standard InChI is InChI=1S/C24H30FN3O5S/c1-3-22(24(30)26-15-20-8-5-13-33-20)28(19-7-4-6-18(25)14-19)23(29)16-27-34(31,32)21-11-9-17(2)10-12-21/h4,6-7,9-12,14,20,22,27H,3,5,8,13,15-16H2,1-2H3,(H,26,30). The van der Waals surface area contributed by atoms with E-state index in [1.807, 2.05) is 6.92 Å². The second-order valence-electron chi connectivity index (χ2n) is 8.19. The summed E-state index contributed by atoms with van der Waals surface area (Å²) in [5.41, 5.74) is 1.06. The molecule has 2 aromatic carbocycles. The van der Waals surface area contributed by atoms with Crippen LogP contribution in [-0.4, -0.2) is 52.1 Å². The van der Waals surface area contributed by atoms with E-state index >= 15 is 0 Å². The maximum Gasteiger partial charge on any atom is 0.243 e. The zero-order chi connectivity index (χ0) is 24.7. The van der Waals surface area contributed by atoms with Crippen molar-refractivity contribution < 1.29 is 27.1 Å². The Morgan fingerprint density at radius 3 is 2.56 bits per heavy atom. The first-order chi connectivity index (χ1) is 16.2. The molecule has 0 aliphatic carbocycles. The van der Waals surface area contributed by atoms with E-state index in [0.717, 1.165) is 29.4 Å². The Morgan fingerprint density at radius 2 is 1.94 bits per heavy atom. The first kappa shape index (κ1) is 25.8. The van der Waals surface area contributed by atoms with Gasteiger partial charge >= 0.3 is 0 Å². The summed E-state index contributed by atoms with van der Waals surface area (Å²) in [5, 5.41) is 2.81. The van der Waals surface area contributed by atoms with Gasteiger partial charge in [0.2, 0.25) is 21.8 Å². The van der Waals surface area contributed by atoms with Crippen LogP contribution in [0.3, 0.4) is 0 Å². The molecule has 1 fully saturated rings. The predicted octanol–water partition coefficient (Wildman–Crippen LogP) is 2.52. The van der Waals surface area contributed by atoms with Crippen molar-refractivity contribution in [3.8, 4) is 0 Å². The molecule has 0 saturated carbocycles. The van der Waals surface area contributed by atoms with E-state index < -0.39 is 40.2 Å². The minimum absolute atomic E-state index is 0.0181. The fraction of sp³-hybridized carbons (Fsp3) is 0.417. The fourth-order valence-electron chi connectivity index (χ4n) is 3.79. The molecule has 0 radical (unpaired) electrons. The topological polar surface area (TPSA) is 105 Å². The lowest BCUT2D eigenvalue weighted by atomic mass is 10.1. The summed E-state index contributed by atoms with van der Waals surface area (Å²) in [6, 6.07) is 10.5. The Bertz CT molecular complexity index is 1100. The highest BCUT2D eigenvalue weighted by atomic mass is 32.2. The van der Waals surface area contributed by atoms with E-state index in [-0.39, 0.29) is 23.1 Å². The van der Waals surface area contributed by atoms with Gasteiger partial charge in [-0.25, -0.2) is 17.5 Å². The lowest BCUT2D eigenvalue weighted by Gasteiger charge is -2.31. The molecule has 8 nitrogen and oxygen atoms in total. The number of ether oxygens (including phenoxy) is 1. The molecule has 2 N–H and O–H groups in total. The van der Waals surface area contributed by atoms with Crippen LogP contribution in [0.5, 0.6) is 0 Å². The fourth-order valence-corrected chi connectivity index (χ4v) is 4.76. The highest BCUT2D eigenvalue weighted by molar-refractivity contribution is 7.89. The van der Waals surface area contributed by atoms with Crippen molar-refractivity contribution >= 4 is 27.5 Å². The van der Waals surface area contributed by atoms with Gasteiger partial charge in [-0.15, -0.1) is 0 Å². The molecule has 3 rings (SSSR count). The van der Waals surface area contributed by atoms with Crippen LogP contribution in [0.2, 0.25) is 0 Å². The number of nitrogens with one attached hydrogen (secondary N) is 2. The van der Waals surface area contributed by atoms with E-state index in [4.69, 9.17) is 4.74 Å². The molecule has 2 aromatic rings. The molecule has 1 aliphatic heterocycles. The summed E-state index contributed by atoms with van der Waals surface area (Å²) in [6.07, 6.45) is 1.92. The number of amides is 2. The number of hydrogen-bond donors (Lipinski definition) is 2. The molecule has 2 unspecified atom stereocenters. The summed E-state index contributed by atoms with van der Waals surface area (Å²) in [6.45, 7) is 3.92. The zero-order valence-electron chi connectivity index (χ0n) is 19.3. The molecule has 1 aliphatic rings. The SMILES string of the molecule is CCC(C(=O)NCC1CCCO1)N(C(=O)CNS(=O)(=O)c1ccc(C)cc1)c1cccc(F)c1. The molecule has 0 aromatic heterocycles. The minimum Gasteiger partial charge on any atom is -0.376 e. The van der Waals surface area contributed by atoms with Gasteiger partial charge in [0, 0.05) is 18.8 Å². The van der Waals surface area contributed by atoms with Gasteiger partial charge in [-0.2, -0.15) is 0 Å². The van der Waals surface area contributed by atoms with Gasteiger partial charge in [-0.05, 0) is 56.5 Å². The molecule has 0 bridgehead atoms. The summed E-state index contributed by atoms with van der Waals surface area (Å²) < 4.78 is 47.1. The third-order valence-electron chi connectivity index (χ3n) is 5.63. The van der Waals surface area contributed by atoms with Gasteiger partial charge < -0.3 is 10.1 Å². The monoisotopic (exact) mass is 491 g/mol. The van der Waals surface area contributed by atoms with Gasteiger partial charge in [0.25, 0.3) is 0 Å². The average Bonchev–Trinajstić information content (AvgIpc) is 3.33.